The van der Waals surface area contributed by atoms with E-state index in [1.54, 1.807) is 0 Å². The largest absolute Gasteiger partial charge is 0.310 e. The summed E-state index contributed by atoms with van der Waals surface area (Å²) in [7, 11) is 0. The molecule has 2 nitrogen and oxygen atoms in total. The second-order valence-electron chi connectivity index (χ2n) is 17.7. The van der Waals surface area contributed by atoms with Crippen molar-refractivity contribution < 1.29 is 0 Å². The van der Waals surface area contributed by atoms with Crippen molar-refractivity contribution in [3.63, 3.8) is 0 Å². The highest BCUT2D eigenvalue weighted by Crippen LogP contribution is 2.44. The van der Waals surface area contributed by atoms with Gasteiger partial charge in [-0.25, -0.2) is 0 Å². The Bertz CT molecular complexity index is 4010. The van der Waals surface area contributed by atoms with Crippen molar-refractivity contribution in [1.82, 2.24) is 4.57 Å². The number of fused-ring (bicyclic) bond motifs is 6. The lowest BCUT2D eigenvalue weighted by molar-refractivity contribution is 1.18. The molecule has 318 valence electrons. The Morgan fingerprint density at radius 1 is 0.250 bits per heavy atom. The van der Waals surface area contributed by atoms with Gasteiger partial charge >= 0.3 is 0 Å². The van der Waals surface area contributed by atoms with Crippen molar-refractivity contribution in [1.29, 1.82) is 0 Å². The van der Waals surface area contributed by atoms with E-state index in [4.69, 9.17) is 0 Å². The molecule has 12 aromatic carbocycles. The van der Waals surface area contributed by atoms with Crippen LogP contribution in [0.1, 0.15) is 0 Å². The molecule has 1 heterocycles. The van der Waals surface area contributed by atoms with Gasteiger partial charge in [0.25, 0.3) is 0 Å². The summed E-state index contributed by atoms with van der Waals surface area (Å²) in [4.78, 5) is 2.39. The van der Waals surface area contributed by atoms with E-state index in [0.29, 0.717) is 0 Å². The average Bonchev–Trinajstić information content (AvgIpc) is 3.73. The SMILES string of the molecule is c1ccc(-c2cccc(-n3c4ccccc4c4cc5ccccc5cc43)c2-c2ccc(N(c3ccc(-c4ccc5ccccc5c4)cc3)c3cccc(-c4cccc5ccccc45)c3)cc2)cc1. The molecule has 68 heavy (non-hydrogen) atoms. The van der Waals surface area contributed by atoms with Gasteiger partial charge in [-0.2, -0.15) is 0 Å². The van der Waals surface area contributed by atoms with Crippen LogP contribution in [-0.4, -0.2) is 4.57 Å². The van der Waals surface area contributed by atoms with Gasteiger partial charge in [-0.1, -0.05) is 200 Å². The molecule has 0 atom stereocenters. The molecule has 0 radical (unpaired) electrons. The summed E-state index contributed by atoms with van der Waals surface area (Å²) < 4.78 is 2.48. The highest BCUT2D eigenvalue weighted by molar-refractivity contribution is 6.14. The predicted molar refractivity (Wildman–Crippen MR) is 290 cm³/mol. The zero-order chi connectivity index (χ0) is 45.0. The van der Waals surface area contributed by atoms with Crippen molar-refractivity contribution in [2.45, 2.75) is 0 Å². The fourth-order valence-electron chi connectivity index (χ4n) is 10.5. The predicted octanol–water partition coefficient (Wildman–Crippen LogP) is 18.4. The van der Waals surface area contributed by atoms with Gasteiger partial charge in [-0.05, 0) is 138 Å². The van der Waals surface area contributed by atoms with Gasteiger partial charge in [0, 0.05) is 33.4 Å². The van der Waals surface area contributed by atoms with Crippen molar-refractivity contribution in [2.75, 3.05) is 4.90 Å². The second-order valence-corrected chi connectivity index (χ2v) is 17.7. The van der Waals surface area contributed by atoms with Crippen molar-refractivity contribution in [3.05, 3.63) is 267 Å². The molecule has 13 rings (SSSR count). The molecule has 0 saturated heterocycles. The second kappa shape index (κ2) is 16.5. The van der Waals surface area contributed by atoms with Gasteiger partial charge in [-0.3, -0.25) is 0 Å². The van der Waals surface area contributed by atoms with Gasteiger partial charge in [0.2, 0.25) is 0 Å². The van der Waals surface area contributed by atoms with Crippen LogP contribution >= 0.6 is 0 Å². The summed E-state index contributed by atoms with van der Waals surface area (Å²) >= 11 is 0. The van der Waals surface area contributed by atoms with E-state index in [-0.39, 0.29) is 0 Å². The summed E-state index contributed by atoms with van der Waals surface area (Å²) in [6.45, 7) is 0. The Morgan fingerprint density at radius 3 is 1.59 bits per heavy atom. The van der Waals surface area contributed by atoms with Crippen LogP contribution in [0.25, 0.3) is 104 Å². The third-order valence-corrected chi connectivity index (χ3v) is 13.7. The minimum atomic E-state index is 1.07. The first-order chi connectivity index (χ1) is 33.7. The Labute approximate surface area is 395 Å². The number of anilines is 3. The van der Waals surface area contributed by atoms with Crippen LogP contribution in [0.15, 0.2) is 267 Å². The number of rotatable bonds is 8. The summed E-state index contributed by atoms with van der Waals surface area (Å²) in [5.41, 5.74) is 16.2. The zero-order valence-corrected chi connectivity index (χ0v) is 37.3. The molecule has 0 N–H and O–H groups in total. The number of benzene rings is 12. The zero-order valence-electron chi connectivity index (χ0n) is 37.3. The lowest BCUT2D eigenvalue weighted by atomic mass is 9.92. The minimum Gasteiger partial charge on any atom is -0.310 e. The van der Waals surface area contributed by atoms with E-state index in [1.807, 2.05) is 0 Å². The molecule has 0 saturated carbocycles. The average molecular weight is 865 g/mol. The van der Waals surface area contributed by atoms with Crippen LogP contribution in [0, 0.1) is 0 Å². The van der Waals surface area contributed by atoms with Crippen LogP contribution in [0.5, 0.6) is 0 Å². The Kier molecular flexibility index (Phi) is 9.54. The maximum absolute atomic E-state index is 2.48. The summed E-state index contributed by atoms with van der Waals surface area (Å²) in [6, 6.07) is 97.6. The normalized spacial score (nSPS) is 11.5. The monoisotopic (exact) mass is 864 g/mol. The van der Waals surface area contributed by atoms with Gasteiger partial charge in [0.1, 0.15) is 0 Å². The van der Waals surface area contributed by atoms with Crippen molar-refractivity contribution in [2.24, 2.45) is 0 Å². The van der Waals surface area contributed by atoms with Crippen LogP contribution in [0.2, 0.25) is 0 Å². The molecule has 0 fully saturated rings. The summed E-state index contributed by atoms with van der Waals surface area (Å²) in [5, 5.41) is 9.92. The lowest BCUT2D eigenvalue weighted by Crippen LogP contribution is -2.10. The lowest BCUT2D eigenvalue weighted by Gasteiger charge is -2.27. The molecule has 0 aliphatic rings. The molecule has 0 aliphatic carbocycles. The molecule has 0 aliphatic heterocycles. The van der Waals surface area contributed by atoms with E-state index in [9.17, 15) is 0 Å². The van der Waals surface area contributed by atoms with Gasteiger partial charge < -0.3 is 9.47 Å². The molecule has 0 spiro atoms. The number of para-hydroxylation sites is 1. The number of aromatic nitrogens is 1. The summed E-state index contributed by atoms with van der Waals surface area (Å²) in [5.74, 6) is 0. The molecule has 13 aromatic rings. The summed E-state index contributed by atoms with van der Waals surface area (Å²) in [6.07, 6.45) is 0. The van der Waals surface area contributed by atoms with E-state index >= 15 is 0 Å². The number of hydrogen-bond donors (Lipinski definition) is 0. The van der Waals surface area contributed by atoms with Crippen molar-refractivity contribution in [3.8, 4) is 50.2 Å². The van der Waals surface area contributed by atoms with Gasteiger partial charge in [0.15, 0.2) is 0 Å². The fourth-order valence-corrected chi connectivity index (χ4v) is 10.5. The van der Waals surface area contributed by atoms with E-state index in [2.05, 4.69) is 276 Å². The minimum absolute atomic E-state index is 1.07. The Hall–Kier alpha value is -8.98. The fraction of sp³-hybridized carbons (Fsp3) is 0. The van der Waals surface area contributed by atoms with Crippen LogP contribution in [0.3, 0.4) is 0 Å². The third kappa shape index (κ3) is 6.82. The van der Waals surface area contributed by atoms with Gasteiger partial charge in [-0.15, -0.1) is 0 Å². The first-order valence-corrected chi connectivity index (χ1v) is 23.4. The Balaban J connectivity index is 0.982. The standard InChI is InChI=1S/C66H44N2/c1-2-16-48(17-3-1)60-28-14-30-64(68-63-29-11-10-26-61(63)62-43-51-20-6-7-21-52(51)44-65(62)68)66(60)49-35-39-56(40-36-49)67(55-37-33-46(34-38-55)53-32-31-45-15-4-5-19-50(45)41-53)57-24-12-23-54(42-57)59-27-13-22-47-18-8-9-25-58(47)59/h1-44H. The van der Waals surface area contributed by atoms with E-state index in [0.717, 1.165) is 28.3 Å². The molecule has 0 unspecified atom stereocenters. The van der Waals surface area contributed by atoms with Gasteiger partial charge in [0.05, 0.1) is 16.7 Å². The third-order valence-electron chi connectivity index (χ3n) is 13.7. The first-order valence-electron chi connectivity index (χ1n) is 23.4. The smallest absolute Gasteiger partial charge is 0.0547 e. The highest BCUT2D eigenvalue weighted by atomic mass is 15.1. The molecular weight excluding hydrogens is 821 g/mol. The first kappa shape index (κ1) is 39.4. The highest BCUT2D eigenvalue weighted by Gasteiger charge is 2.21. The number of hydrogen-bond acceptors (Lipinski definition) is 1. The van der Waals surface area contributed by atoms with Crippen molar-refractivity contribution >= 4 is 71.2 Å². The number of nitrogens with zero attached hydrogens (tertiary/aromatic N) is 2. The maximum atomic E-state index is 2.48. The molecule has 2 heteroatoms. The Morgan fingerprint density at radius 2 is 0.809 bits per heavy atom. The topological polar surface area (TPSA) is 8.17 Å². The molecular formula is C66H44N2. The van der Waals surface area contributed by atoms with Crippen LogP contribution in [-0.2, 0) is 0 Å². The molecule has 0 amide bonds. The van der Waals surface area contributed by atoms with E-state index < -0.39 is 0 Å². The quantitative estimate of drug-likeness (QED) is 0.148. The molecule has 0 bridgehead atoms. The van der Waals surface area contributed by atoms with Crippen LogP contribution < -0.4 is 4.90 Å². The molecule has 1 aromatic heterocycles. The van der Waals surface area contributed by atoms with Crippen LogP contribution in [0.4, 0.5) is 17.1 Å². The maximum Gasteiger partial charge on any atom is 0.0547 e. The van der Waals surface area contributed by atoms with E-state index in [1.165, 1.54) is 93.1 Å².